The SMILES string of the molecule is CCc1nnc(NS(=O)(=O)C(C)CNC2CC2)s1. The molecule has 6 nitrogen and oxygen atoms in total. The number of aromatic nitrogens is 2. The summed E-state index contributed by atoms with van der Waals surface area (Å²) in [4.78, 5) is 0. The molecule has 1 aliphatic carbocycles. The monoisotopic (exact) mass is 290 g/mol. The molecule has 0 aromatic carbocycles. The first kappa shape index (κ1) is 13.7. The van der Waals surface area contributed by atoms with Crippen molar-refractivity contribution in [2.24, 2.45) is 0 Å². The van der Waals surface area contributed by atoms with Crippen molar-refractivity contribution in [1.82, 2.24) is 15.5 Å². The van der Waals surface area contributed by atoms with Crippen molar-refractivity contribution in [2.75, 3.05) is 11.3 Å². The maximum Gasteiger partial charge on any atom is 0.238 e. The number of nitrogens with zero attached hydrogens (tertiary/aromatic N) is 2. The molecule has 1 aromatic rings. The van der Waals surface area contributed by atoms with Gasteiger partial charge in [0.2, 0.25) is 15.2 Å². The molecular weight excluding hydrogens is 272 g/mol. The molecule has 1 heterocycles. The number of nitrogens with one attached hydrogen (secondary N) is 2. The minimum absolute atomic E-state index is 0.352. The summed E-state index contributed by atoms with van der Waals surface area (Å²) in [6.07, 6.45) is 3.06. The van der Waals surface area contributed by atoms with Crippen LogP contribution in [0.3, 0.4) is 0 Å². The van der Waals surface area contributed by atoms with Crippen molar-refractivity contribution in [3.05, 3.63) is 5.01 Å². The molecule has 1 aliphatic rings. The molecule has 1 atom stereocenters. The summed E-state index contributed by atoms with van der Waals surface area (Å²) >= 11 is 1.28. The standard InChI is InChI=1S/C10H18N4O2S2/c1-3-9-12-13-10(17-9)14-18(15,16)7(2)6-11-8-4-5-8/h7-8,11H,3-6H2,1-2H3,(H,13,14). The Morgan fingerprint density at radius 3 is 2.72 bits per heavy atom. The Labute approximate surface area is 111 Å². The first-order valence-electron chi connectivity index (χ1n) is 6.08. The minimum atomic E-state index is -3.38. The molecule has 0 aliphatic heterocycles. The average molecular weight is 290 g/mol. The van der Waals surface area contributed by atoms with Gasteiger partial charge in [-0.3, -0.25) is 4.72 Å². The molecule has 1 aromatic heterocycles. The number of hydrogen-bond donors (Lipinski definition) is 2. The van der Waals surface area contributed by atoms with Crippen molar-refractivity contribution >= 4 is 26.5 Å². The number of hydrogen-bond acceptors (Lipinski definition) is 6. The highest BCUT2D eigenvalue weighted by Gasteiger charge is 2.26. The highest BCUT2D eigenvalue weighted by molar-refractivity contribution is 7.93. The maximum absolute atomic E-state index is 12.0. The van der Waals surface area contributed by atoms with E-state index in [2.05, 4.69) is 20.2 Å². The molecule has 8 heteroatoms. The van der Waals surface area contributed by atoms with Crippen LogP contribution in [0.5, 0.6) is 0 Å². The van der Waals surface area contributed by atoms with Gasteiger partial charge in [0, 0.05) is 12.6 Å². The van der Waals surface area contributed by atoms with E-state index in [1.165, 1.54) is 11.3 Å². The van der Waals surface area contributed by atoms with E-state index in [4.69, 9.17) is 0 Å². The normalized spacial score (nSPS) is 17.7. The molecule has 0 radical (unpaired) electrons. The average Bonchev–Trinajstić information content (AvgIpc) is 3.05. The molecule has 0 amide bonds. The van der Waals surface area contributed by atoms with Gasteiger partial charge in [0.1, 0.15) is 5.01 Å². The predicted molar refractivity (Wildman–Crippen MR) is 72.3 cm³/mol. The smallest absolute Gasteiger partial charge is 0.238 e. The van der Waals surface area contributed by atoms with E-state index < -0.39 is 15.3 Å². The number of anilines is 1. The van der Waals surface area contributed by atoms with Crippen LogP contribution in [0.4, 0.5) is 5.13 Å². The second-order valence-electron chi connectivity index (χ2n) is 4.49. The lowest BCUT2D eigenvalue weighted by atomic mass is 10.4. The first-order valence-corrected chi connectivity index (χ1v) is 8.45. The number of aryl methyl sites for hydroxylation is 1. The fraction of sp³-hybridized carbons (Fsp3) is 0.800. The van der Waals surface area contributed by atoms with E-state index in [-0.39, 0.29) is 0 Å². The molecular formula is C10H18N4O2S2. The van der Waals surface area contributed by atoms with Gasteiger partial charge in [0.15, 0.2) is 0 Å². The van der Waals surface area contributed by atoms with E-state index in [9.17, 15) is 8.42 Å². The van der Waals surface area contributed by atoms with Gasteiger partial charge in [-0.05, 0) is 26.2 Å². The van der Waals surface area contributed by atoms with Crippen molar-refractivity contribution in [3.8, 4) is 0 Å². The maximum atomic E-state index is 12.0. The van der Waals surface area contributed by atoms with Crippen LogP contribution in [0, 0.1) is 0 Å². The summed E-state index contributed by atoms with van der Waals surface area (Å²) in [6.45, 7) is 4.12. The van der Waals surface area contributed by atoms with Crippen LogP contribution in [0.2, 0.25) is 0 Å². The zero-order valence-corrected chi connectivity index (χ0v) is 12.1. The lowest BCUT2D eigenvalue weighted by Crippen LogP contribution is -2.35. The summed E-state index contributed by atoms with van der Waals surface area (Å²) < 4.78 is 26.5. The van der Waals surface area contributed by atoms with Gasteiger partial charge in [-0.15, -0.1) is 10.2 Å². The fourth-order valence-corrected chi connectivity index (χ4v) is 3.24. The van der Waals surface area contributed by atoms with E-state index in [1.807, 2.05) is 6.92 Å². The zero-order valence-electron chi connectivity index (χ0n) is 10.5. The van der Waals surface area contributed by atoms with Crippen LogP contribution in [-0.4, -0.2) is 36.5 Å². The van der Waals surface area contributed by atoms with Crippen LogP contribution >= 0.6 is 11.3 Å². The summed E-state index contributed by atoms with van der Waals surface area (Å²) in [7, 11) is -3.38. The topological polar surface area (TPSA) is 84.0 Å². The van der Waals surface area contributed by atoms with E-state index in [0.29, 0.717) is 17.7 Å². The largest absolute Gasteiger partial charge is 0.313 e. The first-order chi connectivity index (χ1) is 8.51. The molecule has 0 bridgehead atoms. The Morgan fingerprint density at radius 1 is 1.44 bits per heavy atom. The van der Waals surface area contributed by atoms with Crippen molar-refractivity contribution in [3.63, 3.8) is 0 Å². The van der Waals surface area contributed by atoms with Gasteiger partial charge in [-0.25, -0.2) is 8.42 Å². The number of sulfonamides is 1. The Hall–Kier alpha value is -0.730. The summed E-state index contributed by atoms with van der Waals surface area (Å²) in [6, 6.07) is 0.510. The predicted octanol–water partition coefficient (Wildman–Crippen LogP) is 0.983. The van der Waals surface area contributed by atoms with Crippen LogP contribution in [-0.2, 0) is 16.4 Å². The van der Waals surface area contributed by atoms with Crippen molar-refractivity contribution in [1.29, 1.82) is 0 Å². The molecule has 1 saturated carbocycles. The molecule has 1 fully saturated rings. The lowest BCUT2D eigenvalue weighted by molar-refractivity contribution is 0.576. The minimum Gasteiger partial charge on any atom is -0.313 e. The molecule has 0 spiro atoms. The van der Waals surface area contributed by atoms with Gasteiger partial charge in [-0.1, -0.05) is 18.3 Å². The van der Waals surface area contributed by atoms with Gasteiger partial charge in [0.25, 0.3) is 0 Å². The third kappa shape index (κ3) is 3.63. The second-order valence-corrected chi connectivity index (χ2v) is 7.66. The Bertz CT molecular complexity index is 496. The summed E-state index contributed by atoms with van der Waals surface area (Å²) in [5, 5.41) is 11.6. The Balaban J connectivity index is 1.92. The van der Waals surface area contributed by atoms with E-state index >= 15 is 0 Å². The molecule has 0 saturated heterocycles. The lowest BCUT2D eigenvalue weighted by Gasteiger charge is -2.13. The third-order valence-electron chi connectivity index (χ3n) is 2.80. The van der Waals surface area contributed by atoms with Gasteiger partial charge in [-0.2, -0.15) is 0 Å². The van der Waals surface area contributed by atoms with Gasteiger partial charge >= 0.3 is 0 Å². The zero-order chi connectivity index (χ0) is 13.2. The van der Waals surface area contributed by atoms with E-state index in [1.54, 1.807) is 6.92 Å². The summed E-state index contributed by atoms with van der Waals surface area (Å²) in [5.41, 5.74) is 0. The second kappa shape index (κ2) is 5.50. The highest BCUT2D eigenvalue weighted by atomic mass is 32.2. The van der Waals surface area contributed by atoms with Crippen LogP contribution in [0.25, 0.3) is 0 Å². The van der Waals surface area contributed by atoms with Crippen molar-refractivity contribution in [2.45, 2.75) is 44.4 Å². The molecule has 2 N–H and O–H groups in total. The van der Waals surface area contributed by atoms with E-state index in [0.717, 1.165) is 24.3 Å². The van der Waals surface area contributed by atoms with Crippen LogP contribution in [0.1, 0.15) is 31.7 Å². The summed E-state index contributed by atoms with van der Waals surface area (Å²) in [5.74, 6) is 0. The Morgan fingerprint density at radius 2 is 2.17 bits per heavy atom. The highest BCUT2D eigenvalue weighted by Crippen LogP contribution is 2.20. The molecule has 18 heavy (non-hydrogen) atoms. The quantitative estimate of drug-likeness (QED) is 0.782. The van der Waals surface area contributed by atoms with Crippen LogP contribution in [0.15, 0.2) is 0 Å². The van der Waals surface area contributed by atoms with Gasteiger partial charge in [0.05, 0.1) is 5.25 Å². The van der Waals surface area contributed by atoms with Crippen molar-refractivity contribution < 1.29 is 8.42 Å². The fourth-order valence-electron chi connectivity index (χ4n) is 1.39. The van der Waals surface area contributed by atoms with Gasteiger partial charge < -0.3 is 5.32 Å². The molecule has 2 rings (SSSR count). The molecule has 102 valence electrons. The molecule has 1 unspecified atom stereocenters. The third-order valence-corrected chi connectivity index (χ3v) is 5.62. The Kier molecular flexibility index (Phi) is 4.18. The number of rotatable bonds is 7. The van der Waals surface area contributed by atoms with Crippen LogP contribution < -0.4 is 10.0 Å².